The number of fused-ring (bicyclic) bond motifs is 2. The normalized spacial score (nSPS) is 32.7. The van der Waals surface area contributed by atoms with E-state index in [1.165, 1.54) is 0 Å². The van der Waals surface area contributed by atoms with Gasteiger partial charge in [-0.25, -0.2) is 10.5 Å². The molecule has 1 aromatic heterocycles. The van der Waals surface area contributed by atoms with Crippen molar-refractivity contribution in [2.75, 3.05) is 0 Å². The van der Waals surface area contributed by atoms with Gasteiger partial charge in [0, 0.05) is 26.3 Å². The van der Waals surface area contributed by atoms with Gasteiger partial charge in [-0.3, -0.25) is 4.39 Å². The van der Waals surface area contributed by atoms with Crippen LogP contribution in [0.15, 0.2) is 12.3 Å². The van der Waals surface area contributed by atoms with Crippen LogP contribution in [-0.4, -0.2) is 16.3 Å². The fourth-order valence-electron chi connectivity index (χ4n) is 2.81. The third-order valence-corrected chi connectivity index (χ3v) is 4.26. The first kappa shape index (κ1) is 14.8. The third kappa shape index (κ3) is 2.41. The van der Waals surface area contributed by atoms with Crippen molar-refractivity contribution >= 4 is 5.57 Å². The van der Waals surface area contributed by atoms with Crippen molar-refractivity contribution in [1.29, 1.82) is 0 Å². The Morgan fingerprint density at radius 1 is 1.11 bits per heavy atom. The molecule has 2 bridgehead atoms. The van der Waals surface area contributed by atoms with Crippen LogP contribution in [0.4, 0.5) is 8.78 Å². The maximum absolute atomic E-state index is 14.8. The first-order valence-corrected chi connectivity index (χ1v) is 6.39. The molecule has 4 heteroatoms. The van der Waals surface area contributed by atoms with Crippen molar-refractivity contribution in [2.24, 2.45) is 0 Å². The molecule has 19 heavy (non-hydrogen) atoms. The van der Waals surface area contributed by atoms with Gasteiger partial charge in [-0.15, -0.1) is 6.07 Å². The van der Waals surface area contributed by atoms with Crippen molar-refractivity contribution in [3.8, 4) is 0 Å². The average molecular weight is 441 g/mol. The molecule has 0 N–H and O–H groups in total. The Hall–Kier alpha value is -0.601. The molecule has 0 aliphatic heterocycles. The second-order valence-corrected chi connectivity index (χ2v) is 5.58. The topological polar surface area (TPSA) is 12.9 Å². The van der Waals surface area contributed by atoms with E-state index in [4.69, 9.17) is 0 Å². The Balaban J connectivity index is 0.00000133. The van der Waals surface area contributed by atoms with E-state index in [2.05, 4.69) is 11.1 Å². The van der Waals surface area contributed by atoms with Crippen LogP contribution in [0.1, 0.15) is 42.5 Å². The maximum atomic E-state index is 14.8. The van der Waals surface area contributed by atoms with Gasteiger partial charge >= 0.3 is 0 Å². The van der Waals surface area contributed by atoms with Crippen LogP contribution in [-0.2, 0) is 20.1 Å². The monoisotopic (exact) mass is 441 g/mol. The quantitative estimate of drug-likeness (QED) is 0.604. The van der Waals surface area contributed by atoms with E-state index in [0.29, 0.717) is 11.3 Å². The fraction of sp³-hybridized carbons (Fsp3) is 0.533. The summed E-state index contributed by atoms with van der Waals surface area (Å²) in [6, 6.07) is 1.84. The summed E-state index contributed by atoms with van der Waals surface area (Å²) < 4.78 is 29.1. The molecule has 4 rings (SSSR count). The first-order valence-electron chi connectivity index (χ1n) is 6.39. The van der Waals surface area contributed by atoms with Crippen LogP contribution in [0.3, 0.4) is 0 Å². The average Bonchev–Trinajstić information content (AvgIpc) is 2.34. The van der Waals surface area contributed by atoms with Crippen molar-refractivity contribution in [3.63, 3.8) is 0 Å². The summed E-state index contributed by atoms with van der Waals surface area (Å²) in [4.78, 5) is 4.25. The van der Waals surface area contributed by atoms with Crippen LogP contribution in [0.5, 0.6) is 0 Å². The van der Waals surface area contributed by atoms with Gasteiger partial charge in [-0.1, -0.05) is 11.3 Å². The molecule has 0 spiro atoms. The Kier molecular flexibility index (Phi) is 3.70. The Morgan fingerprint density at radius 2 is 1.74 bits per heavy atom. The number of hydrogen-bond donors (Lipinski definition) is 0. The minimum absolute atomic E-state index is 0. The van der Waals surface area contributed by atoms with Gasteiger partial charge in [0.05, 0.1) is 5.67 Å². The van der Waals surface area contributed by atoms with Crippen LogP contribution < -0.4 is 0 Å². The zero-order chi connectivity index (χ0) is 13.0. The van der Waals surface area contributed by atoms with Gasteiger partial charge in [-0.2, -0.15) is 5.57 Å². The minimum atomic E-state index is -1.44. The molecular weight excluding hydrogens is 424 g/mol. The predicted octanol–water partition coefficient (Wildman–Crippen LogP) is 3.89. The number of pyridine rings is 1. The molecule has 3 aliphatic rings. The molecular formula is C15H16F2IrN-. The number of aromatic nitrogens is 1. The van der Waals surface area contributed by atoms with E-state index in [9.17, 15) is 8.78 Å². The van der Waals surface area contributed by atoms with Crippen LogP contribution in [0.25, 0.3) is 5.57 Å². The van der Waals surface area contributed by atoms with Crippen molar-refractivity contribution in [3.05, 3.63) is 35.2 Å². The van der Waals surface area contributed by atoms with E-state index < -0.39 is 11.3 Å². The van der Waals surface area contributed by atoms with E-state index in [-0.39, 0.29) is 45.8 Å². The van der Waals surface area contributed by atoms with Crippen LogP contribution in [0, 0.1) is 19.9 Å². The maximum Gasteiger partial charge on any atom is 0.105 e. The molecule has 0 aromatic carbocycles. The van der Waals surface area contributed by atoms with E-state index in [1.807, 2.05) is 19.9 Å². The fourth-order valence-corrected chi connectivity index (χ4v) is 2.81. The predicted molar refractivity (Wildman–Crippen MR) is 66.5 cm³/mol. The largest absolute Gasteiger partial charge is 0.351 e. The third-order valence-electron chi connectivity index (χ3n) is 4.26. The molecule has 0 amide bonds. The second kappa shape index (κ2) is 4.75. The summed E-state index contributed by atoms with van der Waals surface area (Å²) in [6.07, 6.45) is 5.46. The summed E-state index contributed by atoms with van der Waals surface area (Å²) in [5.74, 6) is 0. The molecule has 1 saturated carbocycles. The Bertz CT molecular complexity index is 531. The molecule has 1 aromatic rings. The van der Waals surface area contributed by atoms with Crippen molar-refractivity contribution in [1.82, 2.24) is 4.98 Å². The molecule has 1 radical (unpaired) electrons. The van der Waals surface area contributed by atoms with Gasteiger partial charge < -0.3 is 4.98 Å². The van der Waals surface area contributed by atoms with E-state index in [0.717, 1.165) is 11.1 Å². The first-order chi connectivity index (χ1) is 8.42. The summed E-state index contributed by atoms with van der Waals surface area (Å²) in [7, 11) is 0. The van der Waals surface area contributed by atoms with Gasteiger partial charge in [0.2, 0.25) is 0 Å². The van der Waals surface area contributed by atoms with Gasteiger partial charge in [-0.05, 0) is 45.1 Å². The van der Waals surface area contributed by atoms with Crippen molar-refractivity contribution < 1.29 is 28.9 Å². The molecule has 3 aliphatic carbocycles. The second-order valence-electron chi connectivity index (χ2n) is 5.58. The summed E-state index contributed by atoms with van der Waals surface area (Å²) in [6.45, 7) is 3.91. The number of hydrogen-bond acceptors (Lipinski definition) is 1. The van der Waals surface area contributed by atoms with Gasteiger partial charge in [0.15, 0.2) is 0 Å². The SMILES string of the molecule is Cc1cnc(C2=[C-]C3(F)CCC2(F)CC3)cc1C.[Ir]. The smallest absolute Gasteiger partial charge is 0.105 e. The summed E-state index contributed by atoms with van der Waals surface area (Å²) >= 11 is 0. The molecule has 0 saturated heterocycles. The zero-order valence-electron chi connectivity index (χ0n) is 11.0. The number of nitrogens with zero attached hydrogens (tertiary/aromatic N) is 1. The standard InChI is InChI=1S/C15H16F2N.Ir/c1-10-7-13(18-9-11(10)2)12-8-14(16)3-5-15(12,17)6-4-14;/h7,9H,3-6H2,1-2H3;/q-1;. The molecule has 1 nitrogen and oxygen atoms in total. The number of rotatable bonds is 1. The van der Waals surface area contributed by atoms with Crippen LogP contribution in [0.2, 0.25) is 0 Å². The number of halogens is 2. The van der Waals surface area contributed by atoms with E-state index >= 15 is 0 Å². The summed E-state index contributed by atoms with van der Waals surface area (Å²) in [5, 5.41) is 0. The van der Waals surface area contributed by atoms with Gasteiger partial charge in [0.1, 0.15) is 5.67 Å². The minimum Gasteiger partial charge on any atom is -0.351 e. The summed E-state index contributed by atoms with van der Waals surface area (Å²) in [5.41, 5.74) is 0.120. The molecule has 1 fully saturated rings. The van der Waals surface area contributed by atoms with E-state index in [1.54, 1.807) is 6.20 Å². The Morgan fingerprint density at radius 3 is 2.32 bits per heavy atom. The molecule has 105 valence electrons. The number of aryl methyl sites for hydroxylation is 2. The zero-order valence-corrected chi connectivity index (χ0v) is 13.4. The molecule has 0 atom stereocenters. The van der Waals surface area contributed by atoms with Gasteiger partial charge in [0.25, 0.3) is 0 Å². The molecule has 1 heterocycles. The number of allylic oxidation sites excluding steroid dienone is 2. The van der Waals surface area contributed by atoms with Crippen molar-refractivity contribution in [2.45, 2.75) is 50.9 Å². The van der Waals surface area contributed by atoms with Crippen LogP contribution >= 0.6 is 0 Å². The Labute approximate surface area is 125 Å². The molecule has 0 unspecified atom stereocenters. The number of alkyl halides is 2.